The van der Waals surface area contributed by atoms with E-state index in [1.807, 2.05) is 0 Å². The third-order valence-electron chi connectivity index (χ3n) is 5.58. The molecule has 0 bridgehead atoms. The molecule has 1 aliphatic rings. The van der Waals surface area contributed by atoms with Gasteiger partial charge in [-0.1, -0.05) is 18.2 Å². The van der Waals surface area contributed by atoms with E-state index in [1.165, 1.54) is 6.07 Å². The van der Waals surface area contributed by atoms with E-state index in [9.17, 15) is 45.5 Å². The van der Waals surface area contributed by atoms with Gasteiger partial charge in [0.25, 0.3) is 5.91 Å². The smallest absolute Gasteiger partial charge is 0.356 e. The van der Waals surface area contributed by atoms with E-state index in [4.69, 9.17) is 0 Å². The third kappa shape index (κ3) is 7.44. The van der Waals surface area contributed by atoms with Crippen LogP contribution in [-0.2, 0) is 19.1 Å². The molecule has 202 valence electrons. The molecule has 1 fully saturated rings. The number of H-pyrrole nitrogens is 1. The highest BCUT2D eigenvalue weighted by Crippen LogP contribution is 2.35. The van der Waals surface area contributed by atoms with Crippen LogP contribution in [0, 0.1) is 5.92 Å². The molecule has 2 aromatic rings. The zero-order valence-corrected chi connectivity index (χ0v) is 19.0. The number of carbonyl (C=O) groups is 4. The number of hydrogen-bond donors (Lipinski definition) is 4. The summed E-state index contributed by atoms with van der Waals surface area (Å²) in [5, 5.41) is 7.66. The van der Waals surface area contributed by atoms with Crippen LogP contribution >= 0.6 is 0 Å². The van der Waals surface area contributed by atoms with Crippen molar-refractivity contribution >= 4 is 34.4 Å². The Morgan fingerprint density at radius 3 is 2.35 bits per heavy atom. The van der Waals surface area contributed by atoms with Crippen LogP contribution in [0.2, 0.25) is 0 Å². The van der Waals surface area contributed by atoms with E-state index in [2.05, 4.69) is 25.7 Å². The Balaban J connectivity index is 1.63. The molecular weight excluding hydrogens is 514 g/mol. The fraction of sp³-hybridized carbons (Fsp3) is 0.455. The first-order chi connectivity index (χ1) is 17.3. The summed E-state index contributed by atoms with van der Waals surface area (Å²) in [5.74, 6) is -4.22. The number of Topliss-reactive ketones (excluding diaryl/α,β-unsaturated/α-hetero) is 1. The maximum atomic E-state index is 12.7. The summed E-state index contributed by atoms with van der Waals surface area (Å²) in [6, 6.07) is 6.86. The number of ether oxygens (including phenoxy) is 1. The minimum Gasteiger partial charge on any atom is -0.356 e. The Labute approximate surface area is 205 Å². The Morgan fingerprint density at radius 2 is 1.76 bits per heavy atom. The predicted octanol–water partition coefficient (Wildman–Crippen LogP) is 1.99. The number of amides is 3. The van der Waals surface area contributed by atoms with Crippen LogP contribution in [-0.4, -0.2) is 72.7 Å². The van der Waals surface area contributed by atoms with Crippen LogP contribution < -0.4 is 16.0 Å². The molecule has 2 atom stereocenters. The van der Waals surface area contributed by atoms with E-state index < -0.39 is 67.1 Å². The number of halogens is 6. The molecule has 3 amide bonds. The van der Waals surface area contributed by atoms with Crippen LogP contribution in [0.5, 0.6) is 0 Å². The summed E-state index contributed by atoms with van der Waals surface area (Å²) >= 11 is 0. The van der Waals surface area contributed by atoms with Gasteiger partial charge in [0.15, 0.2) is 5.78 Å². The van der Waals surface area contributed by atoms with Crippen molar-refractivity contribution in [2.45, 2.75) is 37.3 Å². The van der Waals surface area contributed by atoms with Gasteiger partial charge in [-0.2, -0.15) is 26.3 Å². The van der Waals surface area contributed by atoms with E-state index in [0.717, 1.165) is 5.39 Å². The molecule has 1 aliphatic heterocycles. The van der Waals surface area contributed by atoms with Crippen molar-refractivity contribution in [3.8, 4) is 0 Å². The molecule has 2 heterocycles. The average Bonchev–Trinajstić information content (AvgIpc) is 3.41. The lowest BCUT2D eigenvalue weighted by Crippen LogP contribution is -2.50. The lowest BCUT2D eigenvalue weighted by molar-refractivity contribution is -0.319. The van der Waals surface area contributed by atoms with Gasteiger partial charge in [0.05, 0.1) is 12.6 Å². The molecule has 0 radical (unpaired) electrons. The summed E-state index contributed by atoms with van der Waals surface area (Å²) in [6.07, 6.45) is -16.0. The Kier molecular flexibility index (Phi) is 8.46. The first-order valence-corrected chi connectivity index (χ1v) is 11.0. The number of alkyl halides is 6. The monoisotopic (exact) mass is 536 g/mol. The summed E-state index contributed by atoms with van der Waals surface area (Å²) < 4.78 is 80.2. The fourth-order valence-corrected chi connectivity index (χ4v) is 3.76. The van der Waals surface area contributed by atoms with Crippen LogP contribution in [0.3, 0.4) is 0 Å². The molecule has 3 rings (SSSR count). The zero-order chi connectivity index (χ0) is 27.4. The van der Waals surface area contributed by atoms with Gasteiger partial charge >= 0.3 is 12.4 Å². The van der Waals surface area contributed by atoms with Crippen molar-refractivity contribution < 1.29 is 50.3 Å². The Morgan fingerprint density at radius 1 is 1.08 bits per heavy atom. The zero-order valence-electron chi connectivity index (χ0n) is 19.0. The molecule has 1 saturated heterocycles. The molecule has 37 heavy (non-hydrogen) atoms. The van der Waals surface area contributed by atoms with Crippen molar-refractivity contribution in [1.82, 2.24) is 20.9 Å². The summed E-state index contributed by atoms with van der Waals surface area (Å²) in [4.78, 5) is 51.9. The Hall–Kier alpha value is -3.62. The maximum Gasteiger partial charge on any atom is 0.423 e. The first-order valence-electron chi connectivity index (χ1n) is 11.0. The number of rotatable bonds is 10. The summed E-state index contributed by atoms with van der Waals surface area (Å²) in [6.45, 7) is -2.03. The molecule has 0 aliphatic carbocycles. The van der Waals surface area contributed by atoms with E-state index in [1.54, 1.807) is 24.3 Å². The number of fused-ring (bicyclic) bond motifs is 1. The molecule has 1 aromatic heterocycles. The predicted molar refractivity (Wildman–Crippen MR) is 115 cm³/mol. The average molecular weight is 536 g/mol. The van der Waals surface area contributed by atoms with Gasteiger partial charge in [0.2, 0.25) is 17.9 Å². The number of nitrogens with one attached hydrogen (secondary N) is 4. The number of benzene rings is 1. The standard InChI is InChI=1S/C22H22F6N4O5/c23-21(24,25)20(22(26,27)28)37-10-16(33)14(8-12-5-6-29-18(12)35)32-17(34)9-30-19(36)15-7-11-3-1-2-4-13(11)31-15/h1-4,7,12,14,20,31H,5-6,8-10H2,(H,29,35)(H,30,36)(H,32,34)/t12-,14-/m0/s1. The van der Waals surface area contributed by atoms with Gasteiger partial charge in [0.1, 0.15) is 12.3 Å². The maximum absolute atomic E-state index is 12.7. The molecular formula is C22H22F6N4O5. The van der Waals surface area contributed by atoms with Gasteiger partial charge < -0.3 is 25.7 Å². The molecule has 4 N–H and O–H groups in total. The van der Waals surface area contributed by atoms with Gasteiger partial charge in [-0.05, 0) is 25.0 Å². The van der Waals surface area contributed by atoms with E-state index in [-0.39, 0.29) is 25.1 Å². The molecule has 0 spiro atoms. The van der Waals surface area contributed by atoms with E-state index >= 15 is 0 Å². The van der Waals surface area contributed by atoms with Crippen molar-refractivity contribution in [2.75, 3.05) is 19.7 Å². The second-order valence-corrected chi connectivity index (χ2v) is 8.33. The second kappa shape index (κ2) is 11.2. The Bertz CT molecular complexity index is 1120. The minimum atomic E-state index is -5.82. The lowest BCUT2D eigenvalue weighted by atomic mass is 9.96. The largest absolute Gasteiger partial charge is 0.423 e. The SMILES string of the molecule is O=C(CNC(=O)c1cc2ccccc2[nH]1)N[C@@H](C[C@@H]1CCNC1=O)C(=O)COC(C(F)(F)F)C(F)(F)F. The van der Waals surface area contributed by atoms with Crippen LogP contribution in [0.25, 0.3) is 10.9 Å². The van der Waals surface area contributed by atoms with Crippen molar-refractivity contribution in [3.63, 3.8) is 0 Å². The van der Waals surface area contributed by atoms with E-state index in [0.29, 0.717) is 5.52 Å². The van der Waals surface area contributed by atoms with Crippen molar-refractivity contribution in [1.29, 1.82) is 0 Å². The molecule has 1 aromatic carbocycles. The number of carbonyl (C=O) groups excluding carboxylic acids is 4. The van der Waals surface area contributed by atoms with Gasteiger partial charge in [-0.15, -0.1) is 0 Å². The number of aromatic nitrogens is 1. The molecule has 9 nitrogen and oxygen atoms in total. The normalized spacial score (nSPS) is 17.1. The van der Waals surface area contributed by atoms with Gasteiger partial charge in [-0.25, -0.2) is 0 Å². The second-order valence-electron chi connectivity index (χ2n) is 8.33. The number of aromatic amines is 1. The number of ketones is 1. The van der Waals surface area contributed by atoms with Gasteiger partial charge in [0, 0.05) is 23.4 Å². The highest BCUT2D eigenvalue weighted by molar-refractivity contribution is 6.00. The third-order valence-corrected chi connectivity index (χ3v) is 5.58. The summed E-state index contributed by atoms with van der Waals surface area (Å²) in [5.41, 5.74) is 0.789. The molecule has 0 unspecified atom stereocenters. The first kappa shape index (κ1) is 28.0. The highest BCUT2D eigenvalue weighted by Gasteiger charge is 2.58. The lowest BCUT2D eigenvalue weighted by Gasteiger charge is -2.25. The quantitative estimate of drug-likeness (QED) is 0.345. The fourth-order valence-electron chi connectivity index (χ4n) is 3.76. The molecule has 15 heteroatoms. The minimum absolute atomic E-state index is 0.128. The topological polar surface area (TPSA) is 129 Å². The molecule has 0 saturated carbocycles. The highest BCUT2D eigenvalue weighted by atomic mass is 19.4. The van der Waals surface area contributed by atoms with Crippen LogP contribution in [0.4, 0.5) is 26.3 Å². The van der Waals surface area contributed by atoms with Gasteiger partial charge in [-0.3, -0.25) is 19.2 Å². The van der Waals surface area contributed by atoms with Crippen LogP contribution in [0.1, 0.15) is 23.3 Å². The van der Waals surface area contributed by atoms with Crippen LogP contribution in [0.15, 0.2) is 30.3 Å². The van der Waals surface area contributed by atoms with Crippen molar-refractivity contribution in [3.05, 3.63) is 36.0 Å². The van der Waals surface area contributed by atoms with Crippen molar-refractivity contribution in [2.24, 2.45) is 5.92 Å². The number of hydrogen-bond acceptors (Lipinski definition) is 5. The summed E-state index contributed by atoms with van der Waals surface area (Å²) in [7, 11) is 0. The number of para-hydroxylation sites is 1.